The van der Waals surface area contributed by atoms with E-state index in [2.05, 4.69) is 20.9 Å². The van der Waals surface area contributed by atoms with Gasteiger partial charge in [-0.2, -0.15) is 0 Å². The lowest BCUT2D eigenvalue weighted by Crippen LogP contribution is -2.24. The molecule has 0 radical (unpaired) electrons. The molecule has 1 fully saturated rings. The van der Waals surface area contributed by atoms with Crippen molar-refractivity contribution in [2.24, 2.45) is 5.92 Å². The maximum Gasteiger partial charge on any atom is 0.311 e. The molecular formula is C12H15BrN2O3S. The highest BCUT2D eigenvalue weighted by Gasteiger charge is 2.31. The standard InChI is InChI=1S/C12H15BrN2O3S/c1-2-18-11(17)4-9-7-19-12(14-9)15-6-8(5-13)3-10(15)16/h7-8H,2-6H2,1H3. The molecule has 1 saturated heterocycles. The molecule has 0 N–H and O–H groups in total. The number of aromatic nitrogens is 1. The fourth-order valence-electron chi connectivity index (χ4n) is 1.93. The van der Waals surface area contributed by atoms with Gasteiger partial charge in [-0.05, 0) is 12.8 Å². The van der Waals surface area contributed by atoms with Crippen molar-refractivity contribution in [3.8, 4) is 0 Å². The van der Waals surface area contributed by atoms with Gasteiger partial charge < -0.3 is 4.74 Å². The van der Waals surface area contributed by atoms with Crippen molar-refractivity contribution in [2.45, 2.75) is 19.8 Å². The summed E-state index contributed by atoms with van der Waals surface area (Å²) < 4.78 is 4.88. The van der Waals surface area contributed by atoms with E-state index in [1.165, 1.54) is 11.3 Å². The summed E-state index contributed by atoms with van der Waals surface area (Å²) in [6, 6.07) is 0. The molecule has 1 amide bonds. The molecular weight excluding hydrogens is 332 g/mol. The van der Waals surface area contributed by atoms with Crippen LogP contribution in [0.15, 0.2) is 5.38 Å². The third-order valence-electron chi connectivity index (χ3n) is 2.82. The van der Waals surface area contributed by atoms with Gasteiger partial charge in [-0.1, -0.05) is 15.9 Å². The predicted octanol–water partition coefficient (Wildman–Crippen LogP) is 2.00. The maximum atomic E-state index is 11.9. The van der Waals surface area contributed by atoms with E-state index in [9.17, 15) is 9.59 Å². The first-order valence-electron chi connectivity index (χ1n) is 6.10. The Kier molecular flexibility index (Phi) is 4.93. The SMILES string of the molecule is CCOC(=O)Cc1csc(N2CC(CBr)CC2=O)n1. The van der Waals surface area contributed by atoms with Gasteiger partial charge in [0.25, 0.3) is 0 Å². The number of nitrogens with zero attached hydrogens (tertiary/aromatic N) is 2. The Labute approximate surface area is 124 Å². The average molecular weight is 347 g/mol. The van der Waals surface area contributed by atoms with Gasteiger partial charge in [-0.15, -0.1) is 11.3 Å². The fraction of sp³-hybridized carbons (Fsp3) is 0.583. The summed E-state index contributed by atoms with van der Waals surface area (Å²) in [5.41, 5.74) is 0.661. The van der Waals surface area contributed by atoms with Crippen LogP contribution in [0.5, 0.6) is 0 Å². The number of carbonyl (C=O) groups is 2. The second-order valence-electron chi connectivity index (χ2n) is 4.33. The summed E-state index contributed by atoms with van der Waals surface area (Å²) in [6.07, 6.45) is 0.715. The Balaban J connectivity index is 2.01. The third-order valence-corrected chi connectivity index (χ3v) is 4.65. The Hall–Kier alpha value is -0.950. The molecule has 7 heteroatoms. The van der Waals surface area contributed by atoms with Crippen LogP contribution < -0.4 is 4.90 Å². The Bertz CT molecular complexity index is 477. The maximum absolute atomic E-state index is 11.9. The summed E-state index contributed by atoms with van der Waals surface area (Å²) in [4.78, 5) is 29.3. The number of esters is 1. The summed E-state index contributed by atoms with van der Waals surface area (Å²) in [6.45, 7) is 2.83. The van der Waals surface area contributed by atoms with E-state index in [1.807, 2.05) is 0 Å². The molecule has 1 aromatic rings. The number of ether oxygens (including phenoxy) is 1. The van der Waals surface area contributed by atoms with Crippen molar-refractivity contribution < 1.29 is 14.3 Å². The highest BCUT2D eigenvalue weighted by atomic mass is 79.9. The Morgan fingerprint density at radius 1 is 1.68 bits per heavy atom. The van der Waals surface area contributed by atoms with Gasteiger partial charge in [0.2, 0.25) is 5.91 Å². The van der Waals surface area contributed by atoms with E-state index in [1.54, 1.807) is 17.2 Å². The van der Waals surface area contributed by atoms with Gasteiger partial charge in [-0.25, -0.2) is 4.98 Å². The minimum absolute atomic E-state index is 0.0986. The lowest BCUT2D eigenvalue weighted by molar-refractivity contribution is -0.142. The molecule has 2 heterocycles. The molecule has 0 spiro atoms. The number of halogens is 1. The summed E-state index contributed by atoms with van der Waals surface area (Å²) in [7, 11) is 0. The topological polar surface area (TPSA) is 59.5 Å². The molecule has 1 aliphatic rings. The molecule has 1 aliphatic heterocycles. The highest BCUT2D eigenvalue weighted by molar-refractivity contribution is 9.09. The van der Waals surface area contributed by atoms with E-state index in [0.29, 0.717) is 36.3 Å². The number of rotatable bonds is 5. The third kappa shape index (κ3) is 3.54. The second kappa shape index (κ2) is 6.47. The Morgan fingerprint density at radius 2 is 2.47 bits per heavy atom. The first kappa shape index (κ1) is 14.5. The van der Waals surface area contributed by atoms with Crippen molar-refractivity contribution in [1.29, 1.82) is 0 Å². The van der Waals surface area contributed by atoms with Crippen LogP contribution in [0.1, 0.15) is 19.0 Å². The number of anilines is 1. The lowest BCUT2D eigenvalue weighted by Gasteiger charge is -2.11. The predicted molar refractivity (Wildman–Crippen MR) is 76.7 cm³/mol. The zero-order valence-electron chi connectivity index (χ0n) is 10.6. The zero-order valence-corrected chi connectivity index (χ0v) is 13.0. The van der Waals surface area contributed by atoms with Crippen molar-refractivity contribution >= 4 is 44.3 Å². The summed E-state index contributed by atoms with van der Waals surface area (Å²) >= 11 is 4.80. The number of carbonyl (C=O) groups excluding carboxylic acids is 2. The number of hydrogen-bond acceptors (Lipinski definition) is 5. The average Bonchev–Trinajstić information content (AvgIpc) is 2.96. The van der Waals surface area contributed by atoms with Gasteiger partial charge in [0, 0.05) is 23.7 Å². The van der Waals surface area contributed by atoms with Gasteiger partial charge in [0.05, 0.1) is 18.7 Å². The van der Waals surface area contributed by atoms with Crippen LogP contribution in [0.4, 0.5) is 5.13 Å². The van der Waals surface area contributed by atoms with E-state index in [-0.39, 0.29) is 18.3 Å². The van der Waals surface area contributed by atoms with Crippen molar-refractivity contribution in [3.05, 3.63) is 11.1 Å². The molecule has 104 valence electrons. The van der Waals surface area contributed by atoms with Crippen LogP contribution >= 0.6 is 27.3 Å². The lowest BCUT2D eigenvalue weighted by atomic mass is 10.2. The van der Waals surface area contributed by atoms with Crippen molar-refractivity contribution in [3.63, 3.8) is 0 Å². The Morgan fingerprint density at radius 3 is 3.11 bits per heavy atom. The molecule has 0 bridgehead atoms. The van der Waals surface area contributed by atoms with Gasteiger partial charge in [0.15, 0.2) is 5.13 Å². The molecule has 5 nitrogen and oxygen atoms in total. The van der Waals surface area contributed by atoms with Gasteiger partial charge >= 0.3 is 5.97 Å². The van der Waals surface area contributed by atoms with Crippen molar-refractivity contribution in [2.75, 3.05) is 23.4 Å². The quantitative estimate of drug-likeness (QED) is 0.604. The van der Waals surface area contributed by atoms with Crippen LogP contribution in [0.25, 0.3) is 0 Å². The molecule has 1 unspecified atom stereocenters. The minimum Gasteiger partial charge on any atom is -0.466 e. The van der Waals surface area contributed by atoms with Crippen LogP contribution in [-0.4, -0.2) is 35.3 Å². The molecule has 0 aromatic carbocycles. The van der Waals surface area contributed by atoms with E-state index in [0.717, 1.165) is 5.33 Å². The van der Waals surface area contributed by atoms with Crippen LogP contribution in [0, 0.1) is 5.92 Å². The highest BCUT2D eigenvalue weighted by Crippen LogP contribution is 2.28. The van der Waals surface area contributed by atoms with Gasteiger partial charge in [0.1, 0.15) is 0 Å². The number of alkyl halides is 1. The fourth-order valence-corrected chi connectivity index (χ4v) is 3.22. The number of hydrogen-bond donors (Lipinski definition) is 0. The zero-order chi connectivity index (χ0) is 13.8. The summed E-state index contributed by atoms with van der Waals surface area (Å²) in [5.74, 6) is 0.150. The molecule has 2 rings (SSSR count). The minimum atomic E-state index is -0.287. The smallest absolute Gasteiger partial charge is 0.311 e. The number of amides is 1. The first-order chi connectivity index (χ1) is 9.13. The van der Waals surface area contributed by atoms with E-state index < -0.39 is 0 Å². The van der Waals surface area contributed by atoms with Crippen LogP contribution in [0.2, 0.25) is 0 Å². The van der Waals surface area contributed by atoms with Crippen molar-refractivity contribution in [1.82, 2.24) is 4.98 Å². The molecule has 0 saturated carbocycles. The molecule has 19 heavy (non-hydrogen) atoms. The first-order valence-corrected chi connectivity index (χ1v) is 8.10. The molecule has 0 aliphatic carbocycles. The van der Waals surface area contributed by atoms with Crippen LogP contribution in [0.3, 0.4) is 0 Å². The monoisotopic (exact) mass is 346 g/mol. The number of thiazole rings is 1. The van der Waals surface area contributed by atoms with E-state index in [4.69, 9.17) is 4.74 Å². The molecule has 1 aromatic heterocycles. The second-order valence-corrected chi connectivity index (χ2v) is 5.82. The normalized spacial score (nSPS) is 18.9. The van der Waals surface area contributed by atoms with Crippen LogP contribution in [-0.2, 0) is 20.7 Å². The molecule has 1 atom stereocenters. The van der Waals surface area contributed by atoms with E-state index >= 15 is 0 Å². The summed E-state index contributed by atoms with van der Waals surface area (Å²) in [5, 5.41) is 3.30. The largest absolute Gasteiger partial charge is 0.466 e. The van der Waals surface area contributed by atoms with Gasteiger partial charge in [-0.3, -0.25) is 14.5 Å².